The molecule has 0 bridgehead atoms. The van der Waals surface area contributed by atoms with E-state index in [0.29, 0.717) is 36.8 Å². The number of anilines is 1. The summed E-state index contributed by atoms with van der Waals surface area (Å²) >= 11 is 0. The number of carbonyl (C=O) groups is 2. The molecule has 0 aliphatic rings. The number of rotatable bonds is 10. The van der Waals surface area contributed by atoms with E-state index in [-0.39, 0.29) is 18.4 Å². The van der Waals surface area contributed by atoms with Gasteiger partial charge in [0.2, 0.25) is 5.91 Å². The van der Waals surface area contributed by atoms with Crippen LogP contribution in [0.4, 0.5) is 5.69 Å². The summed E-state index contributed by atoms with van der Waals surface area (Å²) in [5.41, 5.74) is 2.19. The van der Waals surface area contributed by atoms with Gasteiger partial charge in [0.25, 0.3) is 5.91 Å². The van der Waals surface area contributed by atoms with Crippen molar-refractivity contribution in [2.24, 2.45) is 0 Å². The van der Waals surface area contributed by atoms with Crippen molar-refractivity contribution in [3.63, 3.8) is 0 Å². The van der Waals surface area contributed by atoms with Gasteiger partial charge in [-0.2, -0.15) is 0 Å². The molecule has 0 atom stereocenters. The molecule has 156 valence electrons. The minimum absolute atomic E-state index is 0.0157. The highest BCUT2D eigenvalue weighted by Gasteiger charge is 2.20. The maximum Gasteiger partial charge on any atom is 0.254 e. The molecule has 2 rings (SSSR count). The Kier molecular flexibility index (Phi) is 8.52. The van der Waals surface area contributed by atoms with Crippen LogP contribution >= 0.6 is 0 Å². The Labute approximate surface area is 172 Å². The molecule has 2 aromatic rings. The van der Waals surface area contributed by atoms with Gasteiger partial charge in [-0.25, -0.2) is 0 Å². The zero-order chi connectivity index (χ0) is 21.2. The van der Waals surface area contributed by atoms with Crippen molar-refractivity contribution in [1.29, 1.82) is 0 Å². The highest BCUT2D eigenvalue weighted by Crippen LogP contribution is 2.29. The molecule has 0 saturated heterocycles. The summed E-state index contributed by atoms with van der Waals surface area (Å²) in [4.78, 5) is 27.2. The van der Waals surface area contributed by atoms with Crippen molar-refractivity contribution in [3.8, 4) is 11.5 Å². The number of ether oxygens (including phenoxy) is 2. The second-order valence-corrected chi connectivity index (χ2v) is 6.62. The van der Waals surface area contributed by atoms with E-state index >= 15 is 0 Å². The summed E-state index contributed by atoms with van der Waals surface area (Å²) in [5.74, 6) is 0.694. The van der Waals surface area contributed by atoms with Crippen LogP contribution in [0.3, 0.4) is 0 Å². The average Bonchev–Trinajstić information content (AvgIpc) is 2.70. The number of hydrogen-bond donors (Lipinski definition) is 1. The second kappa shape index (κ2) is 11.1. The van der Waals surface area contributed by atoms with E-state index in [0.717, 1.165) is 17.7 Å². The molecule has 6 heteroatoms. The zero-order valence-corrected chi connectivity index (χ0v) is 17.7. The Balaban J connectivity index is 2.16. The molecule has 2 aromatic carbocycles. The molecule has 0 radical (unpaired) electrons. The highest BCUT2D eigenvalue weighted by molar-refractivity contribution is 6.00. The van der Waals surface area contributed by atoms with Gasteiger partial charge in [0, 0.05) is 17.8 Å². The first-order chi connectivity index (χ1) is 14.0. The van der Waals surface area contributed by atoms with Crippen molar-refractivity contribution in [1.82, 2.24) is 4.90 Å². The summed E-state index contributed by atoms with van der Waals surface area (Å²) in [5, 5.41) is 2.89. The first-order valence-electron chi connectivity index (χ1n) is 10.0. The molecule has 0 heterocycles. The van der Waals surface area contributed by atoms with E-state index in [4.69, 9.17) is 9.47 Å². The van der Waals surface area contributed by atoms with E-state index in [1.54, 1.807) is 23.1 Å². The minimum atomic E-state index is -0.225. The number of amides is 2. The number of nitrogens with one attached hydrogen (secondary N) is 1. The first-order valence-corrected chi connectivity index (χ1v) is 10.0. The quantitative estimate of drug-likeness (QED) is 0.648. The molecule has 0 aliphatic heterocycles. The molecule has 0 unspecified atom stereocenters. The van der Waals surface area contributed by atoms with Gasteiger partial charge in [0.1, 0.15) is 6.54 Å². The van der Waals surface area contributed by atoms with Crippen molar-refractivity contribution in [2.45, 2.75) is 34.1 Å². The van der Waals surface area contributed by atoms with Gasteiger partial charge in [-0.1, -0.05) is 25.1 Å². The summed E-state index contributed by atoms with van der Waals surface area (Å²) < 4.78 is 11.2. The van der Waals surface area contributed by atoms with Crippen molar-refractivity contribution in [2.75, 3.05) is 31.6 Å². The summed E-state index contributed by atoms with van der Waals surface area (Å²) in [6.45, 7) is 9.12. The number of aryl methyl sites for hydroxylation is 1. The smallest absolute Gasteiger partial charge is 0.254 e. The number of carbonyl (C=O) groups excluding carboxylic acids is 2. The third-order valence-electron chi connectivity index (χ3n) is 4.32. The Morgan fingerprint density at radius 3 is 2.31 bits per heavy atom. The van der Waals surface area contributed by atoms with Crippen LogP contribution in [-0.4, -0.2) is 43.0 Å². The van der Waals surface area contributed by atoms with Crippen molar-refractivity contribution < 1.29 is 19.1 Å². The van der Waals surface area contributed by atoms with Gasteiger partial charge < -0.3 is 19.7 Å². The lowest BCUT2D eigenvalue weighted by atomic mass is 10.1. The number of para-hydroxylation sites is 1. The van der Waals surface area contributed by atoms with E-state index in [1.807, 2.05) is 52.0 Å². The Bertz CT molecular complexity index is 835. The second-order valence-electron chi connectivity index (χ2n) is 6.62. The van der Waals surface area contributed by atoms with Crippen molar-refractivity contribution >= 4 is 17.5 Å². The molecule has 6 nitrogen and oxygen atoms in total. The summed E-state index contributed by atoms with van der Waals surface area (Å²) in [7, 11) is 0. The van der Waals surface area contributed by atoms with Gasteiger partial charge >= 0.3 is 0 Å². The van der Waals surface area contributed by atoms with E-state index in [2.05, 4.69) is 5.32 Å². The lowest BCUT2D eigenvalue weighted by Crippen LogP contribution is -2.38. The van der Waals surface area contributed by atoms with Gasteiger partial charge in [0.15, 0.2) is 11.5 Å². The Hall–Kier alpha value is -3.02. The number of benzene rings is 2. The lowest BCUT2D eigenvalue weighted by Gasteiger charge is -2.22. The average molecular weight is 399 g/mol. The molecular formula is C23H30N2O4. The SMILES string of the molecule is CCCN(CC(=O)Nc1ccccc1C)C(=O)c1ccc(OCC)c(OCC)c1. The fourth-order valence-corrected chi connectivity index (χ4v) is 2.97. The van der Waals surface area contributed by atoms with E-state index in [9.17, 15) is 9.59 Å². The van der Waals surface area contributed by atoms with Crippen LogP contribution in [0.15, 0.2) is 42.5 Å². The molecule has 0 saturated carbocycles. The molecule has 2 amide bonds. The fourth-order valence-electron chi connectivity index (χ4n) is 2.97. The third kappa shape index (κ3) is 6.24. The largest absolute Gasteiger partial charge is 0.490 e. The van der Waals surface area contributed by atoms with Crippen LogP contribution in [0.25, 0.3) is 0 Å². The predicted octanol–water partition coefficient (Wildman–Crippen LogP) is 4.28. The van der Waals surface area contributed by atoms with E-state index in [1.165, 1.54) is 0 Å². The van der Waals surface area contributed by atoms with Gasteiger partial charge in [0.05, 0.1) is 13.2 Å². The third-order valence-corrected chi connectivity index (χ3v) is 4.32. The molecule has 1 N–H and O–H groups in total. The van der Waals surface area contributed by atoms with Gasteiger partial charge in [-0.15, -0.1) is 0 Å². The minimum Gasteiger partial charge on any atom is -0.490 e. The Morgan fingerprint density at radius 1 is 0.966 bits per heavy atom. The van der Waals surface area contributed by atoms with Crippen LogP contribution in [0.1, 0.15) is 43.1 Å². The standard InChI is InChI=1S/C23H30N2O4/c1-5-14-25(16-22(26)24-19-11-9-8-10-17(19)4)23(27)18-12-13-20(28-6-2)21(15-18)29-7-3/h8-13,15H,5-7,14,16H2,1-4H3,(H,24,26). The van der Waals surface area contributed by atoms with Crippen LogP contribution in [0.2, 0.25) is 0 Å². The highest BCUT2D eigenvalue weighted by atomic mass is 16.5. The number of hydrogen-bond acceptors (Lipinski definition) is 4. The predicted molar refractivity (Wildman–Crippen MR) is 115 cm³/mol. The van der Waals surface area contributed by atoms with Crippen molar-refractivity contribution in [3.05, 3.63) is 53.6 Å². The lowest BCUT2D eigenvalue weighted by molar-refractivity contribution is -0.116. The summed E-state index contributed by atoms with van der Waals surface area (Å²) in [6.07, 6.45) is 0.749. The van der Waals surface area contributed by atoms with Crippen LogP contribution in [0, 0.1) is 6.92 Å². The molecular weight excluding hydrogens is 368 g/mol. The maximum atomic E-state index is 13.1. The summed E-state index contributed by atoms with van der Waals surface area (Å²) in [6, 6.07) is 12.7. The molecule has 0 fully saturated rings. The molecule has 0 spiro atoms. The normalized spacial score (nSPS) is 10.3. The monoisotopic (exact) mass is 398 g/mol. The van der Waals surface area contributed by atoms with E-state index < -0.39 is 0 Å². The molecule has 0 aromatic heterocycles. The van der Waals surface area contributed by atoms with Crippen LogP contribution < -0.4 is 14.8 Å². The topological polar surface area (TPSA) is 67.9 Å². The Morgan fingerprint density at radius 2 is 1.66 bits per heavy atom. The molecule has 0 aliphatic carbocycles. The first kappa shape index (κ1) is 22.3. The maximum absolute atomic E-state index is 13.1. The fraction of sp³-hybridized carbons (Fsp3) is 0.391. The zero-order valence-electron chi connectivity index (χ0n) is 17.7. The van der Waals surface area contributed by atoms with Crippen LogP contribution in [-0.2, 0) is 4.79 Å². The van der Waals surface area contributed by atoms with Crippen LogP contribution in [0.5, 0.6) is 11.5 Å². The molecule has 29 heavy (non-hydrogen) atoms. The number of nitrogens with zero attached hydrogens (tertiary/aromatic N) is 1. The van der Waals surface area contributed by atoms with Gasteiger partial charge in [-0.3, -0.25) is 9.59 Å². The van der Waals surface area contributed by atoms with Gasteiger partial charge in [-0.05, 0) is 57.0 Å².